The molecule has 0 saturated carbocycles. The topological polar surface area (TPSA) is 24.5 Å². The SMILES string of the molecule is CCCNC(C)CCN1CCOCC1CC. The summed E-state index contributed by atoms with van der Waals surface area (Å²) in [7, 11) is 0. The van der Waals surface area contributed by atoms with Gasteiger partial charge in [0, 0.05) is 25.2 Å². The second-order valence-corrected chi connectivity index (χ2v) is 4.82. The Labute approximate surface area is 101 Å². The number of ether oxygens (including phenoxy) is 1. The first-order chi connectivity index (χ1) is 7.77. The van der Waals surface area contributed by atoms with Gasteiger partial charge >= 0.3 is 0 Å². The molecule has 1 aliphatic rings. The third-order valence-corrected chi connectivity index (χ3v) is 3.41. The van der Waals surface area contributed by atoms with Gasteiger partial charge in [-0.05, 0) is 32.7 Å². The van der Waals surface area contributed by atoms with Crippen LogP contribution in [-0.2, 0) is 4.74 Å². The summed E-state index contributed by atoms with van der Waals surface area (Å²) in [5, 5.41) is 3.55. The zero-order valence-electron chi connectivity index (χ0n) is 11.2. The van der Waals surface area contributed by atoms with Crippen molar-refractivity contribution in [2.75, 3.05) is 32.8 Å². The van der Waals surface area contributed by atoms with Gasteiger partial charge in [0.25, 0.3) is 0 Å². The van der Waals surface area contributed by atoms with E-state index >= 15 is 0 Å². The molecular weight excluding hydrogens is 200 g/mol. The van der Waals surface area contributed by atoms with Gasteiger partial charge in [-0.1, -0.05) is 13.8 Å². The summed E-state index contributed by atoms with van der Waals surface area (Å²) >= 11 is 0. The van der Waals surface area contributed by atoms with E-state index < -0.39 is 0 Å². The molecule has 0 spiro atoms. The predicted molar refractivity (Wildman–Crippen MR) is 68.8 cm³/mol. The highest BCUT2D eigenvalue weighted by Gasteiger charge is 2.21. The largest absolute Gasteiger partial charge is 0.378 e. The number of morpholine rings is 1. The van der Waals surface area contributed by atoms with Crippen molar-refractivity contribution >= 4 is 0 Å². The van der Waals surface area contributed by atoms with Crippen molar-refractivity contribution in [3.8, 4) is 0 Å². The third-order valence-electron chi connectivity index (χ3n) is 3.41. The molecule has 0 aromatic heterocycles. The van der Waals surface area contributed by atoms with Crippen LogP contribution in [0, 0.1) is 0 Å². The molecule has 3 heteroatoms. The molecule has 1 heterocycles. The lowest BCUT2D eigenvalue weighted by molar-refractivity contribution is -0.00981. The van der Waals surface area contributed by atoms with Gasteiger partial charge in [0.2, 0.25) is 0 Å². The summed E-state index contributed by atoms with van der Waals surface area (Å²) in [6.45, 7) is 12.1. The van der Waals surface area contributed by atoms with Crippen LogP contribution in [0.4, 0.5) is 0 Å². The quantitative estimate of drug-likeness (QED) is 0.720. The highest BCUT2D eigenvalue weighted by molar-refractivity contribution is 4.75. The van der Waals surface area contributed by atoms with E-state index in [4.69, 9.17) is 4.74 Å². The summed E-state index contributed by atoms with van der Waals surface area (Å²) in [6.07, 6.45) is 3.67. The van der Waals surface area contributed by atoms with Crippen LogP contribution in [0.25, 0.3) is 0 Å². The maximum absolute atomic E-state index is 5.52. The van der Waals surface area contributed by atoms with Crippen LogP contribution in [-0.4, -0.2) is 49.8 Å². The first-order valence-corrected chi connectivity index (χ1v) is 6.83. The van der Waals surface area contributed by atoms with Crippen molar-refractivity contribution in [3.63, 3.8) is 0 Å². The minimum Gasteiger partial charge on any atom is -0.378 e. The van der Waals surface area contributed by atoms with Gasteiger partial charge in [-0.3, -0.25) is 4.90 Å². The molecule has 1 N–H and O–H groups in total. The molecule has 0 aromatic rings. The molecule has 16 heavy (non-hydrogen) atoms. The Morgan fingerprint density at radius 3 is 2.94 bits per heavy atom. The van der Waals surface area contributed by atoms with Crippen LogP contribution in [0.2, 0.25) is 0 Å². The monoisotopic (exact) mass is 228 g/mol. The van der Waals surface area contributed by atoms with Crippen molar-refractivity contribution in [1.29, 1.82) is 0 Å². The second-order valence-electron chi connectivity index (χ2n) is 4.82. The van der Waals surface area contributed by atoms with Crippen molar-refractivity contribution in [3.05, 3.63) is 0 Å². The normalized spacial score (nSPS) is 24.6. The summed E-state index contributed by atoms with van der Waals surface area (Å²) in [6, 6.07) is 1.28. The fourth-order valence-electron chi connectivity index (χ4n) is 2.21. The molecule has 3 nitrogen and oxygen atoms in total. The summed E-state index contributed by atoms with van der Waals surface area (Å²) in [4.78, 5) is 2.59. The molecule has 0 amide bonds. The molecule has 0 bridgehead atoms. The van der Waals surface area contributed by atoms with E-state index in [-0.39, 0.29) is 0 Å². The van der Waals surface area contributed by atoms with Gasteiger partial charge in [0.15, 0.2) is 0 Å². The molecular formula is C13H28N2O. The average Bonchev–Trinajstić information content (AvgIpc) is 2.34. The Balaban J connectivity index is 2.18. The average molecular weight is 228 g/mol. The van der Waals surface area contributed by atoms with Crippen LogP contribution in [0.15, 0.2) is 0 Å². The first kappa shape index (κ1) is 13.9. The minimum absolute atomic E-state index is 0.639. The molecule has 0 aromatic carbocycles. The van der Waals surface area contributed by atoms with Crippen LogP contribution in [0.1, 0.15) is 40.0 Å². The zero-order chi connectivity index (χ0) is 11.8. The number of hydrogen-bond acceptors (Lipinski definition) is 3. The van der Waals surface area contributed by atoms with Crippen LogP contribution >= 0.6 is 0 Å². The summed E-state index contributed by atoms with van der Waals surface area (Å²) < 4.78 is 5.52. The van der Waals surface area contributed by atoms with E-state index in [9.17, 15) is 0 Å². The molecule has 1 rings (SSSR count). The minimum atomic E-state index is 0.639. The Morgan fingerprint density at radius 2 is 2.25 bits per heavy atom. The number of hydrogen-bond donors (Lipinski definition) is 1. The van der Waals surface area contributed by atoms with Gasteiger partial charge in [-0.15, -0.1) is 0 Å². The number of nitrogens with one attached hydrogen (secondary N) is 1. The fourth-order valence-corrected chi connectivity index (χ4v) is 2.21. The fraction of sp³-hybridized carbons (Fsp3) is 1.00. The van der Waals surface area contributed by atoms with E-state index in [1.54, 1.807) is 0 Å². The maximum Gasteiger partial charge on any atom is 0.0622 e. The molecule has 1 aliphatic heterocycles. The van der Waals surface area contributed by atoms with E-state index in [2.05, 4.69) is 31.0 Å². The lowest BCUT2D eigenvalue weighted by Crippen LogP contribution is -2.46. The predicted octanol–water partition coefficient (Wildman–Crippen LogP) is 1.88. The lowest BCUT2D eigenvalue weighted by atomic mass is 10.1. The van der Waals surface area contributed by atoms with E-state index in [1.807, 2.05) is 0 Å². The molecule has 1 saturated heterocycles. The summed E-state index contributed by atoms with van der Waals surface area (Å²) in [5.74, 6) is 0. The molecule has 96 valence electrons. The second kappa shape index (κ2) is 8.04. The Morgan fingerprint density at radius 1 is 1.44 bits per heavy atom. The van der Waals surface area contributed by atoms with Gasteiger partial charge in [0.05, 0.1) is 13.2 Å². The van der Waals surface area contributed by atoms with Crippen molar-refractivity contribution < 1.29 is 4.74 Å². The van der Waals surface area contributed by atoms with E-state index in [0.717, 1.165) is 26.3 Å². The van der Waals surface area contributed by atoms with E-state index in [1.165, 1.54) is 25.8 Å². The van der Waals surface area contributed by atoms with Gasteiger partial charge in [0.1, 0.15) is 0 Å². The highest BCUT2D eigenvalue weighted by atomic mass is 16.5. The Hall–Kier alpha value is -0.120. The van der Waals surface area contributed by atoms with Gasteiger partial charge in [-0.25, -0.2) is 0 Å². The Kier molecular flexibility index (Phi) is 7.01. The van der Waals surface area contributed by atoms with Crippen molar-refractivity contribution in [2.45, 2.75) is 52.1 Å². The maximum atomic E-state index is 5.52. The molecule has 1 fully saturated rings. The Bertz CT molecular complexity index is 175. The molecule has 0 aliphatic carbocycles. The van der Waals surface area contributed by atoms with Crippen LogP contribution < -0.4 is 5.32 Å². The molecule has 2 unspecified atom stereocenters. The smallest absolute Gasteiger partial charge is 0.0622 e. The highest BCUT2D eigenvalue weighted by Crippen LogP contribution is 2.11. The lowest BCUT2D eigenvalue weighted by Gasteiger charge is -2.35. The summed E-state index contributed by atoms with van der Waals surface area (Å²) in [5.41, 5.74) is 0. The standard InChI is InChI=1S/C13H28N2O/c1-4-7-14-12(3)6-8-15-9-10-16-11-13(15)5-2/h12-14H,4-11H2,1-3H3. The van der Waals surface area contributed by atoms with Gasteiger partial charge < -0.3 is 10.1 Å². The third kappa shape index (κ3) is 4.81. The number of rotatable bonds is 7. The number of nitrogens with zero attached hydrogens (tertiary/aromatic N) is 1. The van der Waals surface area contributed by atoms with Crippen molar-refractivity contribution in [2.24, 2.45) is 0 Å². The first-order valence-electron chi connectivity index (χ1n) is 6.83. The van der Waals surface area contributed by atoms with Crippen LogP contribution in [0.3, 0.4) is 0 Å². The molecule has 0 radical (unpaired) electrons. The molecule has 2 atom stereocenters. The van der Waals surface area contributed by atoms with E-state index in [0.29, 0.717) is 12.1 Å². The van der Waals surface area contributed by atoms with Crippen LogP contribution in [0.5, 0.6) is 0 Å². The zero-order valence-corrected chi connectivity index (χ0v) is 11.2. The van der Waals surface area contributed by atoms with Gasteiger partial charge in [-0.2, -0.15) is 0 Å². The van der Waals surface area contributed by atoms with Crippen molar-refractivity contribution in [1.82, 2.24) is 10.2 Å².